The van der Waals surface area contributed by atoms with Crippen molar-refractivity contribution in [2.75, 3.05) is 0 Å². The number of allylic oxidation sites excluding steroid dienone is 2. The van der Waals surface area contributed by atoms with Crippen molar-refractivity contribution in [2.24, 2.45) is 23.7 Å². The number of aliphatic carboxylic acids is 1. The summed E-state index contributed by atoms with van der Waals surface area (Å²) in [6, 6.07) is 8.20. The van der Waals surface area contributed by atoms with E-state index in [1.807, 2.05) is 29.7 Å². The number of hydrogen-bond donors (Lipinski definition) is 2. The van der Waals surface area contributed by atoms with Gasteiger partial charge in [0.05, 0.1) is 18.4 Å². The summed E-state index contributed by atoms with van der Waals surface area (Å²) >= 11 is 3.36. The van der Waals surface area contributed by atoms with Crippen molar-refractivity contribution in [3.05, 3.63) is 46.7 Å². The largest absolute Gasteiger partial charge is 0.481 e. The fraction of sp³-hybridized carbons (Fsp3) is 0.333. The SMILES string of the molecule is O=C(NCc1ccc(-c2cccs2)s1)[C@@H]1[C@@H](C(=O)O)[C@H]2C=C[C@@H]1C2. The Morgan fingerprint density at radius 2 is 1.92 bits per heavy atom. The summed E-state index contributed by atoms with van der Waals surface area (Å²) in [5.74, 6) is -1.93. The molecule has 4 rings (SSSR count). The molecular formula is C18H17NO3S2. The Bertz CT molecular complexity index is 793. The van der Waals surface area contributed by atoms with E-state index in [0.717, 1.165) is 11.3 Å². The van der Waals surface area contributed by atoms with E-state index in [1.54, 1.807) is 22.7 Å². The highest BCUT2D eigenvalue weighted by Crippen LogP contribution is 2.48. The van der Waals surface area contributed by atoms with Crippen LogP contribution in [0.2, 0.25) is 0 Å². The van der Waals surface area contributed by atoms with E-state index in [1.165, 1.54) is 9.75 Å². The van der Waals surface area contributed by atoms with Crippen molar-refractivity contribution in [3.8, 4) is 9.75 Å². The molecule has 2 bridgehead atoms. The first-order valence-corrected chi connectivity index (χ1v) is 9.64. The number of carboxylic acids is 1. The molecule has 2 aromatic rings. The van der Waals surface area contributed by atoms with E-state index in [2.05, 4.69) is 17.4 Å². The highest BCUT2D eigenvalue weighted by Gasteiger charge is 2.51. The first-order valence-electron chi connectivity index (χ1n) is 7.95. The number of amides is 1. The van der Waals surface area contributed by atoms with Crippen molar-refractivity contribution in [1.82, 2.24) is 5.32 Å². The summed E-state index contributed by atoms with van der Waals surface area (Å²) in [7, 11) is 0. The van der Waals surface area contributed by atoms with Crippen LogP contribution >= 0.6 is 22.7 Å². The minimum absolute atomic E-state index is 0.00965. The molecular weight excluding hydrogens is 342 g/mol. The van der Waals surface area contributed by atoms with Crippen LogP contribution in [0.25, 0.3) is 9.75 Å². The van der Waals surface area contributed by atoms with Gasteiger partial charge < -0.3 is 10.4 Å². The molecule has 0 spiro atoms. The average Bonchev–Trinajstić information content (AvgIpc) is 3.35. The lowest BCUT2D eigenvalue weighted by Gasteiger charge is -2.23. The van der Waals surface area contributed by atoms with Crippen molar-refractivity contribution in [2.45, 2.75) is 13.0 Å². The molecule has 24 heavy (non-hydrogen) atoms. The Hall–Kier alpha value is -1.92. The molecule has 0 aromatic carbocycles. The number of carbonyl (C=O) groups is 2. The first kappa shape index (κ1) is 15.6. The van der Waals surface area contributed by atoms with Gasteiger partial charge in [-0.1, -0.05) is 18.2 Å². The van der Waals surface area contributed by atoms with Crippen LogP contribution in [0, 0.1) is 23.7 Å². The molecule has 2 aliphatic rings. The number of fused-ring (bicyclic) bond motifs is 2. The highest BCUT2D eigenvalue weighted by molar-refractivity contribution is 7.21. The third-order valence-corrected chi connectivity index (χ3v) is 7.06. The second kappa shape index (κ2) is 6.18. The quantitative estimate of drug-likeness (QED) is 0.802. The van der Waals surface area contributed by atoms with Gasteiger partial charge in [0.2, 0.25) is 5.91 Å². The number of hydrogen-bond acceptors (Lipinski definition) is 4. The van der Waals surface area contributed by atoms with Crippen LogP contribution in [0.4, 0.5) is 0 Å². The summed E-state index contributed by atoms with van der Waals surface area (Å²) in [5.41, 5.74) is 0. The number of carboxylic acid groups (broad SMARTS) is 1. The normalized spacial score (nSPS) is 27.5. The van der Waals surface area contributed by atoms with Crippen LogP contribution < -0.4 is 5.32 Å². The van der Waals surface area contributed by atoms with Crippen LogP contribution in [0.1, 0.15) is 11.3 Å². The van der Waals surface area contributed by atoms with Crippen LogP contribution in [0.15, 0.2) is 41.8 Å². The molecule has 1 fully saturated rings. The lowest BCUT2D eigenvalue weighted by Crippen LogP contribution is -2.39. The summed E-state index contributed by atoms with van der Waals surface area (Å²) in [5, 5.41) is 14.4. The van der Waals surface area contributed by atoms with E-state index in [-0.39, 0.29) is 17.7 Å². The van der Waals surface area contributed by atoms with Crippen LogP contribution in [-0.4, -0.2) is 17.0 Å². The van der Waals surface area contributed by atoms with E-state index in [4.69, 9.17) is 0 Å². The molecule has 1 amide bonds. The predicted molar refractivity (Wildman–Crippen MR) is 94.8 cm³/mol. The maximum atomic E-state index is 12.6. The standard InChI is InChI=1S/C18H17NO3S2/c20-17(15-10-3-4-11(8-10)16(15)18(21)22)19-9-12-5-6-14(24-12)13-2-1-7-23-13/h1-7,10-11,15-16H,8-9H2,(H,19,20)(H,21,22)/t10-,11+,15+,16+/m1/s1. The van der Waals surface area contributed by atoms with Crippen molar-refractivity contribution >= 4 is 34.6 Å². The van der Waals surface area contributed by atoms with Gasteiger partial charge in [0.15, 0.2) is 0 Å². The topological polar surface area (TPSA) is 66.4 Å². The second-order valence-electron chi connectivity index (χ2n) is 6.30. The fourth-order valence-corrected chi connectivity index (χ4v) is 5.61. The summed E-state index contributed by atoms with van der Waals surface area (Å²) in [6.07, 6.45) is 4.75. The maximum Gasteiger partial charge on any atom is 0.307 e. The van der Waals surface area contributed by atoms with Crippen molar-refractivity contribution < 1.29 is 14.7 Å². The number of rotatable bonds is 5. The molecule has 0 radical (unpaired) electrons. The molecule has 6 heteroatoms. The third-order valence-electron chi connectivity index (χ3n) is 4.91. The van der Waals surface area contributed by atoms with Gasteiger partial charge in [-0.05, 0) is 41.8 Å². The molecule has 4 nitrogen and oxygen atoms in total. The molecule has 0 saturated heterocycles. The monoisotopic (exact) mass is 359 g/mol. The zero-order valence-corrected chi connectivity index (χ0v) is 14.5. The van der Waals surface area contributed by atoms with Crippen LogP contribution in [-0.2, 0) is 16.1 Å². The smallest absolute Gasteiger partial charge is 0.307 e. The van der Waals surface area contributed by atoms with Gasteiger partial charge in [0.25, 0.3) is 0 Å². The molecule has 124 valence electrons. The zero-order chi connectivity index (χ0) is 16.7. The Morgan fingerprint density at radius 1 is 1.12 bits per heavy atom. The summed E-state index contributed by atoms with van der Waals surface area (Å²) in [4.78, 5) is 27.6. The summed E-state index contributed by atoms with van der Waals surface area (Å²) < 4.78 is 0. The van der Waals surface area contributed by atoms with E-state index >= 15 is 0 Å². The fourth-order valence-electron chi connectivity index (χ4n) is 3.83. The minimum Gasteiger partial charge on any atom is -0.481 e. The maximum absolute atomic E-state index is 12.6. The number of nitrogens with one attached hydrogen (secondary N) is 1. The molecule has 4 atom stereocenters. The lowest BCUT2D eigenvalue weighted by molar-refractivity contribution is -0.147. The van der Waals surface area contributed by atoms with Gasteiger partial charge in [0.1, 0.15) is 0 Å². The molecule has 2 N–H and O–H groups in total. The Kier molecular flexibility index (Phi) is 4.02. The minimum atomic E-state index is -0.858. The van der Waals surface area contributed by atoms with Gasteiger partial charge in [-0.25, -0.2) is 0 Å². The molecule has 2 aromatic heterocycles. The number of thiophene rings is 2. The van der Waals surface area contributed by atoms with Gasteiger partial charge in [-0.3, -0.25) is 9.59 Å². The Balaban J connectivity index is 1.42. The zero-order valence-electron chi connectivity index (χ0n) is 12.8. The van der Waals surface area contributed by atoms with Gasteiger partial charge in [-0.15, -0.1) is 22.7 Å². The van der Waals surface area contributed by atoms with Gasteiger partial charge >= 0.3 is 5.97 Å². The van der Waals surface area contributed by atoms with Crippen LogP contribution in [0.5, 0.6) is 0 Å². The molecule has 0 unspecified atom stereocenters. The predicted octanol–water partition coefficient (Wildman–Crippen LogP) is 3.62. The van der Waals surface area contributed by atoms with E-state index < -0.39 is 17.8 Å². The lowest BCUT2D eigenvalue weighted by atomic mass is 9.82. The Morgan fingerprint density at radius 3 is 2.62 bits per heavy atom. The average molecular weight is 359 g/mol. The molecule has 1 saturated carbocycles. The van der Waals surface area contributed by atoms with Crippen molar-refractivity contribution in [3.63, 3.8) is 0 Å². The van der Waals surface area contributed by atoms with Crippen LogP contribution in [0.3, 0.4) is 0 Å². The molecule has 2 heterocycles. The summed E-state index contributed by atoms with van der Waals surface area (Å²) in [6.45, 7) is 0.457. The van der Waals surface area contributed by atoms with E-state index in [9.17, 15) is 14.7 Å². The van der Waals surface area contributed by atoms with Crippen molar-refractivity contribution in [1.29, 1.82) is 0 Å². The Labute approximate surface area is 147 Å². The number of carbonyl (C=O) groups excluding carboxylic acids is 1. The van der Waals surface area contributed by atoms with E-state index in [0.29, 0.717) is 6.54 Å². The third kappa shape index (κ3) is 2.70. The molecule has 2 aliphatic carbocycles. The highest BCUT2D eigenvalue weighted by atomic mass is 32.1. The van der Waals surface area contributed by atoms with Gasteiger partial charge in [-0.2, -0.15) is 0 Å². The first-order chi connectivity index (χ1) is 11.6. The second-order valence-corrected chi connectivity index (χ2v) is 8.42. The molecule has 0 aliphatic heterocycles. The van der Waals surface area contributed by atoms with Gasteiger partial charge in [0, 0.05) is 14.6 Å².